The monoisotopic (exact) mass is 248 g/mol. The number of aromatic nitrogens is 2. The minimum absolute atomic E-state index is 0. The maximum absolute atomic E-state index is 11.5. The molecule has 0 bridgehead atoms. The fourth-order valence-corrected chi connectivity index (χ4v) is 1.98. The molecule has 0 saturated heterocycles. The van der Waals surface area contributed by atoms with E-state index in [1.54, 1.807) is 20.2 Å². The van der Waals surface area contributed by atoms with Gasteiger partial charge in [-0.2, -0.15) is 0 Å². The fourth-order valence-electron chi connectivity index (χ4n) is 1.59. The Labute approximate surface area is 117 Å². The van der Waals surface area contributed by atoms with Crippen molar-refractivity contribution in [2.24, 2.45) is 14.1 Å². The van der Waals surface area contributed by atoms with Crippen LogP contribution in [0.2, 0.25) is 0 Å². The van der Waals surface area contributed by atoms with Crippen LogP contribution in [0.1, 0.15) is 0 Å². The first-order valence-electron chi connectivity index (χ1n) is 4.27. The molecule has 0 N–H and O–H groups in total. The second-order valence-corrected chi connectivity index (χ2v) is 4.23. The van der Waals surface area contributed by atoms with Crippen LogP contribution in [0.5, 0.6) is 0 Å². The van der Waals surface area contributed by atoms with Crippen molar-refractivity contribution in [3.8, 4) is 0 Å². The first kappa shape index (κ1) is 13.7. The number of hydrogen-bond acceptors (Lipinski definition) is 3. The summed E-state index contributed by atoms with van der Waals surface area (Å²) in [4.78, 5) is 11.7. The quantitative estimate of drug-likeness (QED) is 0.402. The van der Waals surface area contributed by atoms with Gasteiger partial charge in [-0.15, -0.1) is 0 Å². The van der Waals surface area contributed by atoms with Crippen molar-refractivity contribution in [2.45, 2.75) is 4.90 Å². The molecule has 2 rings (SSSR count). The molecule has 1 aromatic heterocycles. The number of hydrogen-bond donors (Lipinski definition) is 0. The SMILES string of the molecule is Cn1c(=O)n(C)c2cc(S(=O)[O-])ccc21.[Na+]. The largest absolute Gasteiger partial charge is 1.00 e. The first-order chi connectivity index (χ1) is 7.02. The Bertz CT molecular complexity index is 617. The van der Waals surface area contributed by atoms with Crippen LogP contribution in [-0.4, -0.2) is 17.9 Å². The van der Waals surface area contributed by atoms with E-state index < -0.39 is 11.1 Å². The van der Waals surface area contributed by atoms with Crippen LogP contribution in [-0.2, 0) is 25.2 Å². The van der Waals surface area contributed by atoms with Gasteiger partial charge in [0.05, 0.1) is 11.0 Å². The Morgan fingerprint density at radius 2 is 1.75 bits per heavy atom. The molecular formula is C9H9N2NaO3S. The summed E-state index contributed by atoms with van der Waals surface area (Å²) in [6.45, 7) is 0. The predicted molar refractivity (Wildman–Crippen MR) is 55.3 cm³/mol. The van der Waals surface area contributed by atoms with Gasteiger partial charge in [-0.1, -0.05) is 0 Å². The molecule has 0 aliphatic heterocycles. The average molecular weight is 248 g/mol. The number of rotatable bonds is 1. The molecule has 1 unspecified atom stereocenters. The van der Waals surface area contributed by atoms with E-state index in [9.17, 15) is 13.6 Å². The molecule has 0 saturated carbocycles. The number of imidazole rings is 1. The summed E-state index contributed by atoms with van der Waals surface area (Å²) in [5.74, 6) is 0. The van der Waals surface area contributed by atoms with Gasteiger partial charge >= 0.3 is 35.2 Å². The average Bonchev–Trinajstić information content (AvgIpc) is 2.44. The topological polar surface area (TPSA) is 67.1 Å². The molecule has 0 fully saturated rings. The Morgan fingerprint density at radius 1 is 1.19 bits per heavy atom. The molecular weight excluding hydrogens is 239 g/mol. The Balaban J connectivity index is 0.00000128. The van der Waals surface area contributed by atoms with Gasteiger partial charge in [0, 0.05) is 19.0 Å². The van der Waals surface area contributed by atoms with Crippen molar-refractivity contribution in [2.75, 3.05) is 0 Å². The molecule has 0 aliphatic rings. The second-order valence-electron chi connectivity index (χ2n) is 3.29. The molecule has 2 aromatic rings. The molecule has 16 heavy (non-hydrogen) atoms. The minimum atomic E-state index is -2.27. The molecule has 1 atom stereocenters. The van der Waals surface area contributed by atoms with E-state index in [-0.39, 0.29) is 40.1 Å². The summed E-state index contributed by atoms with van der Waals surface area (Å²) in [5, 5.41) is 0. The predicted octanol–water partition coefficient (Wildman–Crippen LogP) is -2.88. The van der Waals surface area contributed by atoms with E-state index in [0.717, 1.165) is 5.52 Å². The van der Waals surface area contributed by atoms with E-state index in [4.69, 9.17) is 0 Å². The number of aryl methyl sites for hydroxylation is 2. The van der Waals surface area contributed by atoms with Gasteiger partial charge in [0.15, 0.2) is 0 Å². The molecule has 0 amide bonds. The number of benzene rings is 1. The van der Waals surface area contributed by atoms with E-state index >= 15 is 0 Å². The van der Waals surface area contributed by atoms with E-state index in [0.29, 0.717) is 5.52 Å². The molecule has 0 aliphatic carbocycles. The van der Waals surface area contributed by atoms with E-state index in [2.05, 4.69) is 0 Å². The summed E-state index contributed by atoms with van der Waals surface area (Å²) in [6.07, 6.45) is 0. The third-order valence-corrected chi connectivity index (χ3v) is 3.07. The first-order valence-corrected chi connectivity index (χ1v) is 5.34. The van der Waals surface area contributed by atoms with Gasteiger partial charge in [0.2, 0.25) is 0 Å². The van der Waals surface area contributed by atoms with Gasteiger partial charge < -0.3 is 4.55 Å². The van der Waals surface area contributed by atoms with Crippen molar-refractivity contribution in [3.63, 3.8) is 0 Å². The molecule has 1 heterocycles. The van der Waals surface area contributed by atoms with Crippen LogP contribution in [0.15, 0.2) is 27.9 Å². The molecule has 0 radical (unpaired) electrons. The third kappa shape index (κ3) is 2.03. The van der Waals surface area contributed by atoms with Gasteiger partial charge in [-0.25, -0.2) is 4.79 Å². The standard InChI is InChI=1S/C9H10N2O3S.Na/c1-10-7-4-3-6(15(13)14)5-8(7)11(2)9(10)12;/h3-5H,1-2H3,(H,13,14);/q;+1/p-1. The van der Waals surface area contributed by atoms with Gasteiger partial charge in [-0.3, -0.25) is 13.3 Å². The van der Waals surface area contributed by atoms with Crippen molar-refractivity contribution in [1.82, 2.24) is 9.13 Å². The van der Waals surface area contributed by atoms with E-state index in [1.165, 1.54) is 21.3 Å². The Kier molecular flexibility index (Phi) is 4.14. The zero-order chi connectivity index (χ0) is 11.2. The molecule has 1 aromatic carbocycles. The zero-order valence-corrected chi connectivity index (χ0v) is 12.1. The van der Waals surface area contributed by atoms with Crippen molar-refractivity contribution >= 4 is 22.1 Å². The molecule has 7 heteroatoms. The van der Waals surface area contributed by atoms with Gasteiger partial charge in [0.25, 0.3) is 0 Å². The number of fused-ring (bicyclic) bond motifs is 1. The normalized spacial score (nSPS) is 12.4. The van der Waals surface area contributed by atoms with Crippen LogP contribution in [0.4, 0.5) is 0 Å². The Morgan fingerprint density at radius 3 is 2.31 bits per heavy atom. The zero-order valence-electron chi connectivity index (χ0n) is 9.26. The molecule has 0 spiro atoms. The Hall–Kier alpha value is -0.400. The van der Waals surface area contributed by atoms with Crippen LogP contribution >= 0.6 is 0 Å². The maximum Gasteiger partial charge on any atom is 1.00 e. The summed E-state index contributed by atoms with van der Waals surface area (Å²) in [6, 6.07) is 4.59. The maximum atomic E-state index is 11.5. The third-order valence-electron chi connectivity index (χ3n) is 2.44. The van der Waals surface area contributed by atoms with Crippen LogP contribution in [0, 0.1) is 0 Å². The second kappa shape index (κ2) is 4.85. The fraction of sp³-hybridized carbons (Fsp3) is 0.222. The number of nitrogens with zero attached hydrogens (tertiary/aromatic N) is 2. The minimum Gasteiger partial charge on any atom is -0.768 e. The van der Waals surface area contributed by atoms with Crippen LogP contribution in [0.3, 0.4) is 0 Å². The van der Waals surface area contributed by atoms with Gasteiger partial charge in [0.1, 0.15) is 0 Å². The summed E-state index contributed by atoms with van der Waals surface area (Å²) >= 11 is -2.27. The summed E-state index contributed by atoms with van der Waals surface area (Å²) in [7, 11) is 3.26. The van der Waals surface area contributed by atoms with Crippen molar-refractivity contribution in [3.05, 3.63) is 28.7 Å². The summed E-state index contributed by atoms with van der Waals surface area (Å²) in [5.41, 5.74) is 1.17. The molecule has 80 valence electrons. The summed E-state index contributed by atoms with van der Waals surface area (Å²) < 4.78 is 24.4. The van der Waals surface area contributed by atoms with Crippen LogP contribution < -0.4 is 35.2 Å². The van der Waals surface area contributed by atoms with E-state index in [1.807, 2.05) is 0 Å². The van der Waals surface area contributed by atoms with Gasteiger partial charge in [-0.05, 0) is 29.3 Å². The van der Waals surface area contributed by atoms with Crippen molar-refractivity contribution < 1.29 is 38.3 Å². The van der Waals surface area contributed by atoms with Crippen LogP contribution in [0.25, 0.3) is 11.0 Å². The van der Waals surface area contributed by atoms with Crippen molar-refractivity contribution in [1.29, 1.82) is 0 Å². The smallest absolute Gasteiger partial charge is 0.768 e. The molecule has 5 nitrogen and oxygen atoms in total.